The number of fused-ring (bicyclic) bond motifs is 1. The maximum absolute atomic E-state index is 13.2. The van der Waals surface area contributed by atoms with Crippen LogP contribution >= 0.6 is 11.6 Å². The molecule has 3 aromatic rings. The molecular weight excluding hydrogens is 460 g/mol. The number of aromatic nitrogens is 4. The number of aryl methyl sites for hydroxylation is 1. The number of aliphatic imine (C=N–C) groups is 1. The number of guanidine groups is 1. The standard InChI is InChI=1S/C21H23ClN10O2/c1-31-12-5-3-2-4-11(12)13(30-31)19(34)32-8-6-21(7-9-32)10-25-20(29-21)28-18(33)14-16(23)27-17(24)15(22)26-14/h2-5H,6-10H2,1H3,(H4,23,24,27)(H2,25,28,29,33). The molecule has 176 valence electrons. The van der Waals surface area contributed by atoms with E-state index in [0.29, 0.717) is 44.1 Å². The van der Waals surface area contributed by atoms with E-state index in [1.54, 1.807) is 4.68 Å². The van der Waals surface area contributed by atoms with Crippen LogP contribution in [0.3, 0.4) is 0 Å². The molecule has 6 N–H and O–H groups in total. The van der Waals surface area contributed by atoms with E-state index in [9.17, 15) is 9.59 Å². The average molecular weight is 483 g/mol. The number of amides is 2. The van der Waals surface area contributed by atoms with Crippen LogP contribution in [0.15, 0.2) is 29.3 Å². The first-order valence-electron chi connectivity index (χ1n) is 10.7. The lowest BCUT2D eigenvalue weighted by atomic mass is 9.88. The van der Waals surface area contributed by atoms with Gasteiger partial charge in [0, 0.05) is 25.5 Å². The number of para-hydroxylation sites is 1. The number of rotatable bonds is 2. The van der Waals surface area contributed by atoms with Crippen molar-refractivity contribution in [3.8, 4) is 0 Å². The number of anilines is 2. The third-order valence-electron chi connectivity index (χ3n) is 6.24. The third kappa shape index (κ3) is 3.75. The molecule has 2 aromatic heterocycles. The van der Waals surface area contributed by atoms with E-state index in [-0.39, 0.29) is 33.9 Å². The number of carbonyl (C=O) groups excluding carboxylic acids is 2. The zero-order valence-corrected chi connectivity index (χ0v) is 19.1. The van der Waals surface area contributed by atoms with Gasteiger partial charge in [-0.05, 0) is 18.9 Å². The van der Waals surface area contributed by atoms with Gasteiger partial charge in [0.15, 0.2) is 34.1 Å². The highest BCUT2D eigenvalue weighted by Gasteiger charge is 2.40. The van der Waals surface area contributed by atoms with Gasteiger partial charge in [-0.3, -0.25) is 24.6 Å². The van der Waals surface area contributed by atoms with Crippen molar-refractivity contribution in [2.24, 2.45) is 12.0 Å². The van der Waals surface area contributed by atoms with Crippen molar-refractivity contribution in [1.82, 2.24) is 35.3 Å². The van der Waals surface area contributed by atoms with Crippen molar-refractivity contribution in [2.75, 3.05) is 31.1 Å². The molecule has 4 heterocycles. The Morgan fingerprint density at radius 2 is 1.85 bits per heavy atom. The zero-order chi connectivity index (χ0) is 24.0. The molecule has 0 aliphatic carbocycles. The van der Waals surface area contributed by atoms with E-state index in [0.717, 1.165) is 10.9 Å². The molecule has 1 aromatic carbocycles. The monoisotopic (exact) mass is 482 g/mol. The van der Waals surface area contributed by atoms with E-state index < -0.39 is 5.91 Å². The van der Waals surface area contributed by atoms with Crippen LogP contribution in [0.1, 0.15) is 33.8 Å². The molecule has 2 amide bonds. The molecule has 1 saturated heterocycles. The van der Waals surface area contributed by atoms with E-state index in [4.69, 9.17) is 23.1 Å². The lowest BCUT2D eigenvalue weighted by Gasteiger charge is -2.39. The molecule has 0 atom stereocenters. The minimum atomic E-state index is -0.593. The first-order valence-corrected chi connectivity index (χ1v) is 11.1. The summed E-state index contributed by atoms with van der Waals surface area (Å²) in [5, 5.41) is 11.1. The van der Waals surface area contributed by atoms with Gasteiger partial charge in [-0.15, -0.1) is 0 Å². The van der Waals surface area contributed by atoms with Crippen molar-refractivity contribution in [3.05, 3.63) is 40.8 Å². The summed E-state index contributed by atoms with van der Waals surface area (Å²) >= 11 is 5.86. The molecule has 1 spiro atoms. The van der Waals surface area contributed by atoms with Crippen LogP contribution in [-0.4, -0.2) is 67.6 Å². The van der Waals surface area contributed by atoms with Gasteiger partial charge in [0.05, 0.1) is 17.6 Å². The normalized spacial score (nSPS) is 17.0. The Labute approximate surface area is 199 Å². The predicted octanol–water partition coefficient (Wildman–Crippen LogP) is 0.545. The number of nitrogens with two attached hydrogens (primary N) is 2. The minimum Gasteiger partial charge on any atom is -0.382 e. The number of nitrogens with one attached hydrogen (secondary N) is 2. The van der Waals surface area contributed by atoms with E-state index in [2.05, 4.69) is 30.7 Å². The van der Waals surface area contributed by atoms with Crippen LogP contribution in [0.2, 0.25) is 5.15 Å². The smallest absolute Gasteiger partial charge is 0.280 e. The molecule has 5 rings (SSSR count). The van der Waals surface area contributed by atoms with Crippen LogP contribution < -0.4 is 22.1 Å². The average Bonchev–Trinajstić information content (AvgIpc) is 3.37. The second kappa shape index (κ2) is 8.13. The Balaban J connectivity index is 1.22. The van der Waals surface area contributed by atoms with Crippen molar-refractivity contribution in [2.45, 2.75) is 18.4 Å². The maximum Gasteiger partial charge on any atom is 0.280 e. The van der Waals surface area contributed by atoms with Gasteiger partial charge in [0.25, 0.3) is 11.8 Å². The largest absolute Gasteiger partial charge is 0.382 e. The third-order valence-corrected chi connectivity index (χ3v) is 6.52. The topological polar surface area (TPSA) is 169 Å². The van der Waals surface area contributed by atoms with Crippen LogP contribution in [0.4, 0.5) is 11.6 Å². The summed E-state index contributed by atoms with van der Waals surface area (Å²) in [4.78, 5) is 39.7. The van der Waals surface area contributed by atoms with Gasteiger partial charge in [-0.2, -0.15) is 5.10 Å². The number of halogens is 1. The minimum absolute atomic E-state index is 0.0500. The van der Waals surface area contributed by atoms with Crippen LogP contribution in [0.25, 0.3) is 10.9 Å². The quantitative estimate of drug-likeness (QED) is 0.410. The van der Waals surface area contributed by atoms with Gasteiger partial charge >= 0.3 is 0 Å². The maximum atomic E-state index is 13.2. The summed E-state index contributed by atoms with van der Waals surface area (Å²) in [5.74, 6) is -0.541. The highest BCUT2D eigenvalue weighted by Crippen LogP contribution is 2.28. The fourth-order valence-electron chi connectivity index (χ4n) is 4.35. The Hall–Kier alpha value is -3.93. The molecule has 0 bridgehead atoms. The summed E-state index contributed by atoms with van der Waals surface area (Å²) in [7, 11) is 1.83. The highest BCUT2D eigenvalue weighted by molar-refractivity contribution is 6.31. The second-order valence-corrected chi connectivity index (χ2v) is 8.80. The number of benzene rings is 1. The first-order chi connectivity index (χ1) is 16.3. The zero-order valence-electron chi connectivity index (χ0n) is 18.4. The Morgan fingerprint density at radius 3 is 2.62 bits per heavy atom. The van der Waals surface area contributed by atoms with Crippen molar-refractivity contribution in [1.29, 1.82) is 0 Å². The fraction of sp³-hybridized carbons (Fsp3) is 0.333. The van der Waals surface area contributed by atoms with Crippen LogP contribution in [0, 0.1) is 0 Å². The predicted molar refractivity (Wildman–Crippen MR) is 127 cm³/mol. The van der Waals surface area contributed by atoms with E-state index >= 15 is 0 Å². The summed E-state index contributed by atoms with van der Waals surface area (Å²) < 4.78 is 1.72. The molecule has 34 heavy (non-hydrogen) atoms. The fourth-order valence-corrected chi connectivity index (χ4v) is 4.48. The number of nitrogens with zero attached hydrogens (tertiary/aromatic N) is 6. The number of piperidine rings is 1. The molecule has 12 nitrogen and oxygen atoms in total. The van der Waals surface area contributed by atoms with Gasteiger partial charge in [0.2, 0.25) is 0 Å². The van der Waals surface area contributed by atoms with E-state index in [1.807, 2.05) is 36.2 Å². The number of carbonyl (C=O) groups is 2. The first kappa shape index (κ1) is 21.9. The van der Waals surface area contributed by atoms with Crippen molar-refractivity contribution in [3.63, 3.8) is 0 Å². The number of hydrogen-bond acceptors (Lipinski definition) is 9. The van der Waals surface area contributed by atoms with Gasteiger partial charge in [-0.25, -0.2) is 9.97 Å². The van der Waals surface area contributed by atoms with Crippen LogP contribution in [0.5, 0.6) is 0 Å². The number of nitrogen functional groups attached to an aromatic ring is 2. The number of hydrogen-bond donors (Lipinski definition) is 4. The lowest BCUT2D eigenvalue weighted by molar-refractivity contribution is 0.0663. The molecule has 13 heteroatoms. The summed E-state index contributed by atoms with van der Waals surface area (Å²) in [6.07, 6.45) is 1.34. The molecule has 0 unspecified atom stereocenters. The molecule has 2 aliphatic rings. The lowest BCUT2D eigenvalue weighted by Crippen LogP contribution is -2.57. The molecule has 0 radical (unpaired) electrons. The Bertz CT molecular complexity index is 1340. The molecule has 2 aliphatic heterocycles. The summed E-state index contributed by atoms with van der Waals surface area (Å²) in [6, 6.07) is 7.68. The Morgan fingerprint density at radius 1 is 1.12 bits per heavy atom. The number of likely N-dealkylation sites (tertiary alicyclic amines) is 1. The Kier molecular flexibility index (Phi) is 5.24. The SMILES string of the molecule is Cn1nc(C(=O)N2CCC3(CC2)CN=C(NC(=O)c2nc(Cl)c(N)nc2N)N3)c2ccccc21. The van der Waals surface area contributed by atoms with Gasteiger partial charge < -0.3 is 21.7 Å². The summed E-state index contributed by atoms with van der Waals surface area (Å²) in [6.45, 7) is 1.56. The molecule has 0 saturated carbocycles. The van der Waals surface area contributed by atoms with Crippen molar-refractivity contribution < 1.29 is 9.59 Å². The van der Waals surface area contributed by atoms with E-state index in [1.165, 1.54) is 0 Å². The highest BCUT2D eigenvalue weighted by atomic mass is 35.5. The summed E-state index contributed by atoms with van der Waals surface area (Å²) in [5.41, 5.74) is 12.2. The van der Waals surface area contributed by atoms with Gasteiger partial charge in [-0.1, -0.05) is 29.8 Å². The molecular formula is C21H23ClN10O2. The van der Waals surface area contributed by atoms with Crippen molar-refractivity contribution >= 4 is 51.9 Å². The van der Waals surface area contributed by atoms with Crippen LogP contribution in [-0.2, 0) is 7.05 Å². The second-order valence-electron chi connectivity index (χ2n) is 8.44. The van der Waals surface area contributed by atoms with Gasteiger partial charge in [0.1, 0.15) is 0 Å². The molecule has 1 fully saturated rings.